The van der Waals surface area contributed by atoms with Crippen LogP contribution < -0.4 is 0 Å². The summed E-state index contributed by atoms with van der Waals surface area (Å²) in [5.41, 5.74) is 5.53. The van der Waals surface area contributed by atoms with Gasteiger partial charge in [0.15, 0.2) is 5.69 Å². The van der Waals surface area contributed by atoms with Crippen LogP contribution in [0.3, 0.4) is 0 Å². The molecule has 0 bridgehead atoms. The molecule has 1 amide bonds. The molecule has 6 rings (SSSR count). The summed E-state index contributed by atoms with van der Waals surface area (Å²) in [6, 6.07) is 12.5. The van der Waals surface area contributed by atoms with Gasteiger partial charge in [-0.05, 0) is 18.2 Å². The molecule has 3 aliphatic rings. The molecule has 2 saturated heterocycles. The van der Waals surface area contributed by atoms with Gasteiger partial charge in [-0.3, -0.25) is 14.7 Å². The number of rotatable bonds is 4. The zero-order valence-corrected chi connectivity index (χ0v) is 19.8. The van der Waals surface area contributed by atoms with Crippen LogP contribution in [0.2, 0.25) is 0 Å². The highest BCUT2D eigenvalue weighted by Gasteiger charge is 2.32. The van der Waals surface area contributed by atoms with Gasteiger partial charge in [-0.15, -0.1) is 11.8 Å². The Morgan fingerprint density at radius 2 is 1.74 bits per heavy atom. The Morgan fingerprint density at radius 3 is 2.50 bits per heavy atom. The summed E-state index contributed by atoms with van der Waals surface area (Å²) >= 11 is 1.76. The number of fused-ring (bicyclic) bond motifs is 3. The van der Waals surface area contributed by atoms with E-state index in [0.717, 1.165) is 66.8 Å². The summed E-state index contributed by atoms with van der Waals surface area (Å²) in [5.74, 6) is 0.704. The lowest BCUT2D eigenvalue weighted by Crippen LogP contribution is -2.41. The summed E-state index contributed by atoms with van der Waals surface area (Å²) in [5, 5.41) is 4.89. The molecule has 0 N–H and O–H groups in total. The van der Waals surface area contributed by atoms with E-state index < -0.39 is 0 Å². The van der Waals surface area contributed by atoms with Crippen molar-refractivity contribution < 1.29 is 14.3 Å². The maximum atomic E-state index is 13.5. The van der Waals surface area contributed by atoms with Crippen LogP contribution in [-0.2, 0) is 21.8 Å². The minimum absolute atomic E-state index is 0.0184. The predicted octanol–water partition coefficient (Wildman–Crippen LogP) is 2.84. The van der Waals surface area contributed by atoms with Crippen molar-refractivity contribution in [3.63, 3.8) is 0 Å². The van der Waals surface area contributed by atoms with E-state index in [2.05, 4.69) is 35.2 Å². The number of benzene rings is 1. The van der Waals surface area contributed by atoms with Gasteiger partial charge in [-0.2, -0.15) is 5.10 Å². The van der Waals surface area contributed by atoms with Crippen molar-refractivity contribution in [1.82, 2.24) is 24.6 Å². The molecule has 3 aliphatic heterocycles. The van der Waals surface area contributed by atoms with Gasteiger partial charge in [0.05, 0.1) is 49.7 Å². The number of ether oxygens (including phenoxy) is 2. The van der Waals surface area contributed by atoms with Gasteiger partial charge in [0.1, 0.15) is 0 Å². The van der Waals surface area contributed by atoms with Gasteiger partial charge < -0.3 is 14.4 Å². The molecule has 0 aliphatic carbocycles. The Kier molecular flexibility index (Phi) is 6.09. The summed E-state index contributed by atoms with van der Waals surface area (Å²) in [6.45, 7) is 6.55. The first kappa shape index (κ1) is 21.8. The zero-order chi connectivity index (χ0) is 22.9. The summed E-state index contributed by atoms with van der Waals surface area (Å²) < 4.78 is 12.8. The Hall–Kier alpha value is -2.72. The van der Waals surface area contributed by atoms with E-state index in [-0.39, 0.29) is 5.91 Å². The molecule has 0 spiro atoms. The predicted molar refractivity (Wildman–Crippen MR) is 129 cm³/mol. The second-order valence-electron chi connectivity index (χ2n) is 8.67. The smallest absolute Gasteiger partial charge is 0.274 e. The van der Waals surface area contributed by atoms with Crippen LogP contribution in [0, 0.1) is 0 Å². The highest BCUT2D eigenvalue weighted by Crippen LogP contribution is 2.43. The number of hydrogen-bond acceptors (Lipinski definition) is 7. The van der Waals surface area contributed by atoms with Gasteiger partial charge in [-0.1, -0.05) is 18.2 Å². The standard InChI is InChI=1S/C25H27N5O3S/c31-25(29-9-13-33-14-10-29)23-21-17-34-22-4-2-1-3-20(22)24(21)30(27-23)19-6-5-18(26-15-19)16-28-7-11-32-12-8-28/h1-6,15H,7-14,16-17H2. The number of thioether (sulfide) groups is 1. The number of carbonyl (C=O) groups is 1. The topological polar surface area (TPSA) is 72.7 Å². The van der Waals surface area contributed by atoms with Gasteiger partial charge in [0.25, 0.3) is 5.91 Å². The van der Waals surface area contributed by atoms with E-state index in [9.17, 15) is 4.79 Å². The first-order chi connectivity index (χ1) is 16.8. The average Bonchev–Trinajstić information content (AvgIpc) is 3.30. The third-order valence-electron chi connectivity index (χ3n) is 6.54. The van der Waals surface area contributed by atoms with Crippen LogP contribution >= 0.6 is 11.8 Å². The van der Waals surface area contributed by atoms with Crippen molar-refractivity contribution in [2.24, 2.45) is 0 Å². The van der Waals surface area contributed by atoms with E-state index in [4.69, 9.17) is 19.6 Å². The van der Waals surface area contributed by atoms with Gasteiger partial charge in [-0.25, -0.2) is 4.68 Å². The largest absolute Gasteiger partial charge is 0.379 e. The molecule has 0 unspecified atom stereocenters. The molecule has 0 saturated carbocycles. The van der Waals surface area contributed by atoms with E-state index in [1.54, 1.807) is 11.8 Å². The number of carbonyl (C=O) groups excluding carboxylic acids is 1. The minimum Gasteiger partial charge on any atom is -0.379 e. The molecule has 9 heteroatoms. The van der Waals surface area contributed by atoms with Crippen molar-refractivity contribution in [3.8, 4) is 16.9 Å². The first-order valence-corrected chi connectivity index (χ1v) is 12.7. The summed E-state index contributed by atoms with van der Waals surface area (Å²) in [4.78, 5) is 23.6. The molecule has 8 nitrogen and oxygen atoms in total. The Morgan fingerprint density at radius 1 is 0.971 bits per heavy atom. The van der Waals surface area contributed by atoms with Crippen molar-refractivity contribution in [1.29, 1.82) is 0 Å². The highest BCUT2D eigenvalue weighted by atomic mass is 32.2. The average molecular weight is 478 g/mol. The zero-order valence-electron chi connectivity index (χ0n) is 19.0. The number of amides is 1. The molecular formula is C25H27N5O3S. The first-order valence-electron chi connectivity index (χ1n) is 11.7. The fraction of sp³-hybridized carbons (Fsp3) is 0.400. The maximum Gasteiger partial charge on any atom is 0.274 e. The van der Waals surface area contributed by atoms with Crippen LogP contribution in [0.5, 0.6) is 0 Å². The molecule has 5 heterocycles. The number of hydrogen-bond donors (Lipinski definition) is 0. The third-order valence-corrected chi connectivity index (χ3v) is 7.64. The number of morpholine rings is 2. The number of nitrogens with zero attached hydrogens (tertiary/aromatic N) is 5. The maximum absolute atomic E-state index is 13.5. The highest BCUT2D eigenvalue weighted by molar-refractivity contribution is 7.98. The van der Waals surface area contributed by atoms with Gasteiger partial charge in [0, 0.05) is 54.5 Å². The van der Waals surface area contributed by atoms with Gasteiger partial charge in [0.2, 0.25) is 0 Å². The van der Waals surface area contributed by atoms with Crippen LogP contribution in [0.1, 0.15) is 21.7 Å². The second kappa shape index (κ2) is 9.50. The summed E-state index contributed by atoms with van der Waals surface area (Å²) in [6.07, 6.45) is 1.87. The van der Waals surface area contributed by atoms with E-state index >= 15 is 0 Å². The van der Waals surface area contributed by atoms with Gasteiger partial charge >= 0.3 is 0 Å². The number of aromatic nitrogens is 3. The molecular weight excluding hydrogens is 450 g/mol. The molecule has 176 valence electrons. The van der Waals surface area contributed by atoms with Crippen LogP contribution in [-0.4, -0.2) is 83.1 Å². The molecule has 2 aromatic heterocycles. The summed E-state index contributed by atoms with van der Waals surface area (Å²) in [7, 11) is 0. The van der Waals surface area contributed by atoms with Crippen molar-refractivity contribution in [2.75, 3.05) is 52.6 Å². The van der Waals surface area contributed by atoms with Crippen molar-refractivity contribution >= 4 is 17.7 Å². The lowest BCUT2D eigenvalue weighted by molar-refractivity contribution is 0.0298. The van der Waals surface area contributed by atoms with E-state index in [1.807, 2.05) is 21.8 Å². The Balaban J connectivity index is 1.37. The Bertz CT molecular complexity index is 1180. The van der Waals surface area contributed by atoms with E-state index in [0.29, 0.717) is 32.0 Å². The Labute approximate surface area is 202 Å². The second-order valence-corrected chi connectivity index (χ2v) is 9.69. The monoisotopic (exact) mass is 477 g/mol. The lowest BCUT2D eigenvalue weighted by atomic mass is 10.0. The minimum atomic E-state index is -0.0184. The molecule has 1 aromatic carbocycles. The van der Waals surface area contributed by atoms with Crippen molar-refractivity contribution in [2.45, 2.75) is 17.2 Å². The number of pyridine rings is 1. The van der Waals surface area contributed by atoms with Crippen LogP contribution in [0.15, 0.2) is 47.5 Å². The normalized spacial score (nSPS) is 18.4. The molecule has 0 atom stereocenters. The SMILES string of the molecule is O=C(c1nn(-c2ccc(CN3CCOCC3)nc2)c2c1CSc1ccccc1-2)N1CCOCC1. The fourth-order valence-corrected chi connectivity index (χ4v) is 5.77. The molecule has 0 radical (unpaired) electrons. The van der Waals surface area contributed by atoms with Crippen molar-refractivity contribution in [3.05, 3.63) is 59.5 Å². The van der Waals surface area contributed by atoms with E-state index in [1.165, 1.54) is 4.90 Å². The molecule has 3 aromatic rings. The third kappa shape index (κ3) is 4.13. The van der Waals surface area contributed by atoms with Crippen LogP contribution in [0.25, 0.3) is 16.9 Å². The fourth-order valence-electron chi connectivity index (χ4n) is 4.70. The molecule has 34 heavy (non-hydrogen) atoms. The lowest BCUT2D eigenvalue weighted by Gasteiger charge is -2.26. The quantitative estimate of drug-likeness (QED) is 0.572. The van der Waals surface area contributed by atoms with Crippen LogP contribution in [0.4, 0.5) is 0 Å². The molecule has 2 fully saturated rings.